The van der Waals surface area contributed by atoms with Crippen LogP contribution in [0.2, 0.25) is 0 Å². The fraction of sp³-hybridized carbons (Fsp3) is 0.429. The van der Waals surface area contributed by atoms with Gasteiger partial charge in [0.25, 0.3) is 5.91 Å². The second-order valence-corrected chi connectivity index (χ2v) is 6.73. The van der Waals surface area contributed by atoms with Crippen LogP contribution < -0.4 is 10.2 Å². The Bertz CT molecular complexity index is 783. The Kier molecular flexibility index (Phi) is 7.05. The number of rotatable bonds is 8. The summed E-state index contributed by atoms with van der Waals surface area (Å²) in [7, 11) is 3.36. The summed E-state index contributed by atoms with van der Waals surface area (Å²) >= 11 is 0. The molecule has 0 aliphatic rings. The molecule has 0 spiro atoms. The Morgan fingerprint density at radius 1 is 1.26 bits per heavy atom. The molecule has 6 nitrogen and oxygen atoms in total. The molecule has 6 heteroatoms. The molecule has 1 amide bonds. The van der Waals surface area contributed by atoms with E-state index in [1.165, 1.54) is 7.11 Å². The molecule has 0 aliphatic heterocycles. The molecule has 27 heavy (non-hydrogen) atoms. The van der Waals surface area contributed by atoms with Gasteiger partial charge in [-0.1, -0.05) is 31.5 Å². The van der Waals surface area contributed by atoms with Crippen molar-refractivity contribution in [1.29, 1.82) is 0 Å². The zero-order valence-corrected chi connectivity index (χ0v) is 16.8. The van der Waals surface area contributed by atoms with Crippen molar-refractivity contribution in [2.45, 2.75) is 39.7 Å². The largest absolute Gasteiger partial charge is 0.465 e. The lowest BCUT2D eigenvalue weighted by Crippen LogP contribution is -2.40. The highest BCUT2D eigenvalue weighted by atomic mass is 16.5. The monoisotopic (exact) mass is 371 g/mol. The molecule has 0 fully saturated rings. The number of nitrogens with one attached hydrogen (secondary N) is 2. The zero-order chi connectivity index (χ0) is 20.0. The molecule has 0 saturated heterocycles. The molecule has 1 unspecified atom stereocenters. The molecule has 0 radical (unpaired) electrons. The van der Waals surface area contributed by atoms with E-state index in [1.807, 2.05) is 44.3 Å². The first kappa shape index (κ1) is 20.6. The topological polar surface area (TPSA) is 74.4 Å². The SMILES string of the molecule is CCCc1c(C(=O)NCC(C)N(C)c2ccccc2)[nH]c(C)c1C(=O)OC. The Morgan fingerprint density at radius 2 is 1.93 bits per heavy atom. The third-order valence-corrected chi connectivity index (χ3v) is 4.79. The van der Waals surface area contributed by atoms with E-state index in [2.05, 4.69) is 22.1 Å². The van der Waals surface area contributed by atoms with Gasteiger partial charge in [0, 0.05) is 31.0 Å². The molecular formula is C21H29N3O3. The zero-order valence-electron chi connectivity index (χ0n) is 16.8. The number of H-pyrrole nitrogens is 1. The van der Waals surface area contributed by atoms with Crippen LogP contribution in [-0.2, 0) is 11.2 Å². The van der Waals surface area contributed by atoms with Crippen molar-refractivity contribution in [3.63, 3.8) is 0 Å². The maximum atomic E-state index is 12.8. The lowest BCUT2D eigenvalue weighted by Gasteiger charge is -2.27. The van der Waals surface area contributed by atoms with Crippen molar-refractivity contribution < 1.29 is 14.3 Å². The van der Waals surface area contributed by atoms with Crippen LogP contribution in [0.5, 0.6) is 0 Å². The summed E-state index contributed by atoms with van der Waals surface area (Å²) in [5, 5.41) is 2.98. The average molecular weight is 371 g/mol. The van der Waals surface area contributed by atoms with Crippen molar-refractivity contribution >= 4 is 17.6 Å². The second-order valence-electron chi connectivity index (χ2n) is 6.73. The van der Waals surface area contributed by atoms with Gasteiger partial charge in [0.15, 0.2) is 0 Å². The van der Waals surface area contributed by atoms with E-state index in [-0.39, 0.29) is 11.9 Å². The number of methoxy groups -OCH3 is 1. The first-order valence-electron chi connectivity index (χ1n) is 9.26. The number of benzene rings is 1. The minimum atomic E-state index is -0.413. The molecule has 1 aromatic heterocycles. The summed E-state index contributed by atoms with van der Waals surface area (Å²) in [6, 6.07) is 10.1. The maximum Gasteiger partial charge on any atom is 0.339 e. The minimum Gasteiger partial charge on any atom is -0.465 e. The van der Waals surface area contributed by atoms with E-state index in [9.17, 15) is 9.59 Å². The van der Waals surface area contributed by atoms with Crippen LogP contribution >= 0.6 is 0 Å². The molecule has 146 valence electrons. The highest BCUT2D eigenvalue weighted by molar-refractivity contribution is 6.00. The fourth-order valence-electron chi connectivity index (χ4n) is 3.13. The summed E-state index contributed by atoms with van der Waals surface area (Å²) < 4.78 is 4.88. The summed E-state index contributed by atoms with van der Waals surface area (Å²) in [6.07, 6.45) is 1.46. The number of hydrogen-bond donors (Lipinski definition) is 2. The molecule has 0 bridgehead atoms. The lowest BCUT2D eigenvalue weighted by molar-refractivity contribution is 0.0599. The van der Waals surface area contributed by atoms with Crippen molar-refractivity contribution in [3.05, 3.63) is 52.8 Å². The quantitative estimate of drug-likeness (QED) is 0.698. The number of aromatic amines is 1. The normalized spacial score (nSPS) is 11.7. The molecule has 2 N–H and O–H groups in total. The lowest BCUT2D eigenvalue weighted by atomic mass is 10.0. The first-order chi connectivity index (χ1) is 12.9. The van der Waals surface area contributed by atoms with E-state index >= 15 is 0 Å². The van der Waals surface area contributed by atoms with Gasteiger partial charge in [-0.05, 0) is 38.0 Å². The van der Waals surface area contributed by atoms with Gasteiger partial charge in [-0.3, -0.25) is 4.79 Å². The number of anilines is 1. The average Bonchev–Trinajstić information content (AvgIpc) is 3.01. The number of para-hydroxylation sites is 1. The number of carbonyl (C=O) groups is 2. The standard InChI is InChI=1S/C21H29N3O3/c1-6-10-17-18(21(26)27-5)15(3)23-19(17)20(25)22-13-14(2)24(4)16-11-8-7-9-12-16/h7-9,11-12,14,23H,6,10,13H2,1-5H3,(H,22,25). The van der Waals surface area contributed by atoms with E-state index in [0.717, 1.165) is 17.7 Å². The van der Waals surface area contributed by atoms with Gasteiger partial charge in [0.2, 0.25) is 0 Å². The van der Waals surface area contributed by atoms with Crippen LogP contribution in [0, 0.1) is 6.92 Å². The van der Waals surface area contributed by atoms with E-state index in [4.69, 9.17) is 4.74 Å². The number of ether oxygens (including phenoxy) is 1. The smallest absolute Gasteiger partial charge is 0.339 e. The Labute approximate surface area is 160 Å². The van der Waals surface area contributed by atoms with E-state index < -0.39 is 5.97 Å². The van der Waals surface area contributed by atoms with Crippen LogP contribution in [0.4, 0.5) is 5.69 Å². The van der Waals surface area contributed by atoms with Crippen LogP contribution in [0.1, 0.15) is 52.4 Å². The summed E-state index contributed by atoms with van der Waals surface area (Å²) in [4.78, 5) is 30.1. The first-order valence-corrected chi connectivity index (χ1v) is 9.26. The Balaban J connectivity index is 2.12. The van der Waals surface area contributed by atoms with Crippen LogP contribution in [-0.4, -0.2) is 43.6 Å². The van der Waals surface area contributed by atoms with Crippen molar-refractivity contribution in [2.75, 3.05) is 25.6 Å². The molecule has 2 rings (SSSR count). The number of aryl methyl sites for hydroxylation is 1. The van der Waals surface area contributed by atoms with Crippen LogP contribution in [0.15, 0.2) is 30.3 Å². The Hall–Kier alpha value is -2.76. The summed E-state index contributed by atoms with van der Waals surface area (Å²) in [6.45, 7) is 6.34. The molecule has 0 saturated carbocycles. The van der Waals surface area contributed by atoms with Gasteiger partial charge in [-0.25, -0.2) is 4.79 Å². The van der Waals surface area contributed by atoms with E-state index in [1.54, 1.807) is 6.92 Å². The van der Waals surface area contributed by atoms with Gasteiger partial charge in [-0.2, -0.15) is 0 Å². The van der Waals surface area contributed by atoms with Crippen molar-refractivity contribution in [1.82, 2.24) is 10.3 Å². The third kappa shape index (κ3) is 4.70. The number of carbonyl (C=O) groups excluding carboxylic acids is 2. The number of likely N-dealkylation sites (N-methyl/N-ethyl adjacent to an activating group) is 1. The number of amides is 1. The minimum absolute atomic E-state index is 0.113. The van der Waals surface area contributed by atoms with E-state index in [0.29, 0.717) is 29.9 Å². The molecule has 1 heterocycles. The maximum absolute atomic E-state index is 12.8. The number of esters is 1. The molecule has 2 aromatic rings. The predicted octanol–water partition coefficient (Wildman–Crippen LogP) is 3.32. The summed E-state index contributed by atoms with van der Waals surface area (Å²) in [5.41, 5.74) is 3.39. The second kappa shape index (κ2) is 9.26. The van der Waals surface area contributed by atoms with Crippen LogP contribution in [0.25, 0.3) is 0 Å². The number of nitrogens with zero attached hydrogens (tertiary/aromatic N) is 1. The predicted molar refractivity (Wildman–Crippen MR) is 108 cm³/mol. The molecule has 0 aliphatic carbocycles. The van der Waals surface area contributed by atoms with Crippen molar-refractivity contribution in [3.8, 4) is 0 Å². The highest BCUT2D eigenvalue weighted by Gasteiger charge is 2.25. The van der Waals surface area contributed by atoms with Crippen LogP contribution in [0.3, 0.4) is 0 Å². The molecule has 1 atom stereocenters. The van der Waals surface area contributed by atoms with Crippen molar-refractivity contribution in [2.24, 2.45) is 0 Å². The third-order valence-electron chi connectivity index (χ3n) is 4.79. The molecular weight excluding hydrogens is 342 g/mol. The van der Waals surface area contributed by atoms with Gasteiger partial charge < -0.3 is 19.9 Å². The number of hydrogen-bond acceptors (Lipinski definition) is 4. The summed E-state index contributed by atoms with van der Waals surface area (Å²) in [5.74, 6) is -0.617. The van der Waals surface area contributed by atoms with Gasteiger partial charge >= 0.3 is 5.97 Å². The Morgan fingerprint density at radius 3 is 2.52 bits per heavy atom. The van der Waals surface area contributed by atoms with Gasteiger partial charge in [-0.15, -0.1) is 0 Å². The van der Waals surface area contributed by atoms with Gasteiger partial charge in [0.1, 0.15) is 5.69 Å². The molecule has 1 aromatic carbocycles. The highest BCUT2D eigenvalue weighted by Crippen LogP contribution is 2.22. The number of aromatic nitrogens is 1. The fourth-order valence-corrected chi connectivity index (χ4v) is 3.13. The van der Waals surface area contributed by atoms with Gasteiger partial charge in [0.05, 0.1) is 12.7 Å².